The van der Waals surface area contributed by atoms with E-state index in [4.69, 9.17) is 4.74 Å². The number of benzene rings is 1. The van der Waals surface area contributed by atoms with Crippen LogP contribution in [0, 0.1) is 11.3 Å². The second-order valence-corrected chi connectivity index (χ2v) is 14.9. The van der Waals surface area contributed by atoms with Gasteiger partial charge in [-0.3, -0.25) is 4.79 Å². The first-order valence-electron chi connectivity index (χ1n) is 13.3. The molecule has 0 aromatic heterocycles. The van der Waals surface area contributed by atoms with Gasteiger partial charge in [0.15, 0.2) is 9.84 Å². The van der Waals surface area contributed by atoms with Crippen LogP contribution in [0.1, 0.15) is 78.7 Å². The molecule has 0 amide bonds. The van der Waals surface area contributed by atoms with Gasteiger partial charge in [0.2, 0.25) is 11.8 Å². The summed E-state index contributed by atoms with van der Waals surface area (Å²) in [5.41, 5.74) is -3.35. The van der Waals surface area contributed by atoms with Crippen LogP contribution in [0.15, 0.2) is 17.0 Å². The van der Waals surface area contributed by atoms with Gasteiger partial charge in [-0.15, -0.1) is 0 Å². The van der Waals surface area contributed by atoms with Crippen LogP contribution in [0.2, 0.25) is 0 Å². The second kappa shape index (κ2) is 10.8. The fourth-order valence-corrected chi connectivity index (χ4v) is 7.17. The van der Waals surface area contributed by atoms with E-state index in [9.17, 15) is 49.1 Å². The monoisotopic (exact) mass is 619 g/mol. The molecule has 14 heteroatoms. The van der Waals surface area contributed by atoms with E-state index in [1.165, 1.54) is 32.6 Å². The molecule has 0 unspecified atom stereocenters. The lowest BCUT2D eigenvalue weighted by Gasteiger charge is -2.41. The molecule has 1 saturated carbocycles. The molecular weight excluding hydrogens is 583 g/mol. The van der Waals surface area contributed by atoms with Crippen LogP contribution in [0.4, 0.5) is 36.4 Å². The van der Waals surface area contributed by atoms with Crippen molar-refractivity contribution in [2.24, 2.45) is 11.3 Å². The van der Waals surface area contributed by atoms with Crippen LogP contribution in [0.3, 0.4) is 0 Å². The van der Waals surface area contributed by atoms with Gasteiger partial charge in [-0.1, -0.05) is 0 Å². The maximum Gasteiger partial charge on any atom is 0.420 e. The standard InChI is InChI=1S/C27H36F7NO5S/c1-23(2,22(36)37)15-40-20-13-21-19(12-18(20)27(32,33)34)35(17-7-10-26(30,31)11-8-17)14-16(6-9-25(5,28)29)24(3,4)41(21,38)39/h12-13,16-17H,6-11,14-15H2,1-5H3,(H,36,37)/t16-/m1/s1. The number of aliphatic carboxylic acids is 1. The molecule has 1 aliphatic carbocycles. The normalized spacial score (nSPS) is 23.0. The van der Waals surface area contributed by atoms with E-state index >= 15 is 0 Å². The van der Waals surface area contributed by atoms with Gasteiger partial charge in [0.05, 0.1) is 26.3 Å². The topological polar surface area (TPSA) is 83.9 Å². The molecule has 1 heterocycles. The average Bonchev–Trinajstić information content (AvgIpc) is 2.86. The summed E-state index contributed by atoms with van der Waals surface area (Å²) in [5.74, 6) is -9.37. The maximum absolute atomic E-state index is 14.3. The quantitative estimate of drug-likeness (QED) is 0.310. The van der Waals surface area contributed by atoms with Crippen molar-refractivity contribution in [1.29, 1.82) is 0 Å². The van der Waals surface area contributed by atoms with Crippen molar-refractivity contribution in [3.8, 4) is 5.75 Å². The van der Waals surface area contributed by atoms with Gasteiger partial charge < -0.3 is 14.7 Å². The molecule has 1 aliphatic heterocycles. The average molecular weight is 620 g/mol. The number of sulfone groups is 1. The van der Waals surface area contributed by atoms with Crippen molar-refractivity contribution in [2.75, 3.05) is 18.1 Å². The zero-order valence-electron chi connectivity index (χ0n) is 23.5. The van der Waals surface area contributed by atoms with E-state index in [2.05, 4.69) is 0 Å². The molecular formula is C27H36F7NO5S. The molecule has 1 fully saturated rings. The van der Waals surface area contributed by atoms with E-state index in [1.54, 1.807) is 0 Å². The summed E-state index contributed by atoms with van der Waals surface area (Å²) < 4.78 is 130. The van der Waals surface area contributed by atoms with Gasteiger partial charge in [0.25, 0.3) is 0 Å². The lowest BCUT2D eigenvalue weighted by atomic mass is 9.86. The van der Waals surface area contributed by atoms with Gasteiger partial charge in [0.1, 0.15) is 12.4 Å². The zero-order chi connectivity index (χ0) is 31.4. The van der Waals surface area contributed by atoms with Crippen LogP contribution < -0.4 is 9.64 Å². The Hall–Kier alpha value is -2.25. The maximum atomic E-state index is 14.3. The SMILES string of the molecule is CC(F)(F)CC[C@@H]1CN(C2CCC(F)(F)CC2)c2cc(C(F)(F)F)c(OCC(C)(C)C(=O)O)cc2S(=O)(=O)C1(C)C. The molecule has 3 rings (SSSR count). The summed E-state index contributed by atoms with van der Waals surface area (Å²) in [6, 6.07) is 0.533. The van der Waals surface area contributed by atoms with Crippen molar-refractivity contribution < 1.29 is 53.8 Å². The Kier molecular flexibility index (Phi) is 8.75. The lowest BCUT2D eigenvalue weighted by Crippen LogP contribution is -2.47. The number of anilines is 1. The van der Waals surface area contributed by atoms with Crippen molar-refractivity contribution in [1.82, 2.24) is 0 Å². The Labute approximate surface area is 235 Å². The first-order valence-corrected chi connectivity index (χ1v) is 14.8. The fraction of sp³-hybridized carbons (Fsp3) is 0.741. The van der Waals surface area contributed by atoms with Crippen LogP contribution in [-0.4, -0.2) is 55.3 Å². The minimum atomic E-state index is -5.06. The van der Waals surface area contributed by atoms with Crippen LogP contribution in [0.5, 0.6) is 5.75 Å². The van der Waals surface area contributed by atoms with E-state index in [0.29, 0.717) is 19.1 Å². The highest BCUT2D eigenvalue weighted by Crippen LogP contribution is 2.50. The van der Waals surface area contributed by atoms with E-state index in [0.717, 1.165) is 0 Å². The molecule has 0 saturated heterocycles. The van der Waals surface area contributed by atoms with Crippen LogP contribution in [0.25, 0.3) is 0 Å². The molecule has 234 valence electrons. The Morgan fingerprint density at radius 2 is 1.63 bits per heavy atom. The summed E-state index contributed by atoms with van der Waals surface area (Å²) in [6.45, 7) is 4.79. The predicted octanol–water partition coefficient (Wildman–Crippen LogP) is 7.20. The van der Waals surface area contributed by atoms with Gasteiger partial charge in [-0.2, -0.15) is 13.2 Å². The summed E-state index contributed by atoms with van der Waals surface area (Å²) in [4.78, 5) is 12.3. The fourth-order valence-electron chi connectivity index (χ4n) is 5.26. The third-order valence-electron chi connectivity index (χ3n) is 8.29. The number of ether oxygens (including phenoxy) is 1. The number of hydrogen-bond acceptors (Lipinski definition) is 5. The highest BCUT2D eigenvalue weighted by molar-refractivity contribution is 7.93. The lowest BCUT2D eigenvalue weighted by molar-refractivity contribution is -0.148. The number of carboxylic acid groups (broad SMARTS) is 1. The van der Waals surface area contributed by atoms with Gasteiger partial charge in [0, 0.05) is 37.9 Å². The predicted molar refractivity (Wildman–Crippen MR) is 138 cm³/mol. The summed E-state index contributed by atoms with van der Waals surface area (Å²) in [7, 11) is -4.52. The summed E-state index contributed by atoms with van der Waals surface area (Å²) in [5, 5.41) is 9.37. The first-order chi connectivity index (χ1) is 18.4. The van der Waals surface area contributed by atoms with Crippen molar-refractivity contribution in [3.05, 3.63) is 17.7 Å². The number of carboxylic acids is 1. The number of alkyl halides is 7. The highest BCUT2D eigenvalue weighted by atomic mass is 32.2. The Morgan fingerprint density at radius 1 is 1.07 bits per heavy atom. The zero-order valence-corrected chi connectivity index (χ0v) is 24.4. The smallest absolute Gasteiger partial charge is 0.420 e. The summed E-state index contributed by atoms with van der Waals surface area (Å²) >= 11 is 0. The molecule has 0 radical (unpaired) electrons. The number of fused-ring (bicyclic) bond motifs is 1. The molecule has 41 heavy (non-hydrogen) atoms. The minimum absolute atomic E-state index is 0.143. The van der Waals surface area contributed by atoms with Crippen molar-refractivity contribution in [2.45, 2.75) is 107 Å². The third kappa shape index (κ3) is 7.05. The molecule has 1 aromatic rings. The van der Waals surface area contributed by atoms with Crippen LogP contribution in [-0.2, 0) is 20.8 Å². The van der Waals surface area contributed by atoms with Crippen molar-refractivity contribution in [3.63, 3.8) is 0 Å². The van der Waals surface area contributed by atoms with Crippen LogP contribution >= 0.6 is 0 Å². The molecule has 2 aliphatic rings. The van der Waals surface area contributed by atoms with E-state index < -0.39 is 98.0 Å². The Morgan fingerprint density at radius 3 is 2.12 bits per heavy atom. The largest absolute Gasteiger partial charge is 0.492 e. The first kappa shape index (κ1) is 33.3. The Balaban J connectivity index is 2.25. The van der Waals surface area contributed by atoms with Gasteiger partial charge >= 0.3 is 12.1 Å². The number of rotatable bonds is 8. The highest BCUT2D eigenvalue weighted by Gasteiger charge is 2.51. The minimum Gasteiger partial charge on any atom is -0.492 e. The number of hydrogen-bond donors (Lipinski definition) is 1. The second-order valence-electron chi connectivity index (χ2n) is 12.4. The molecule has 1 N–H and O–H groups in total. The Bertz CT molecular complexity index is 1250. The molecule has 6 nitrogen and oxygen atoms in total. The molecule has 1 atom stereocenters. The van der Waals surface area contributed by atoms with Gasteiger partial charge in [-0.05, 0) is 65.9 Å². The molecule has 0 bridgehead atoms. The number of halogens is 7. The van der Waals surface area contributed by atoms with E-state index in [1.807, 2.05) is 0 Å². The van der Waals surface area contributed by atoms with E-state index in [-0.39, 0.29) is 31.5 Å². The number of nitrogens with zero attached hydrogens (tertiary/aromatic N) is 1. The third-order valence-corrected chi connectivity index (χ3v) is 10.9. The molecule has 1 aromatic carbocycles. The van der Waals surface area contributed by atoms with Gasteiger partial charge in [-0.25, -0.2) is 26.0 Å². The summed E-state index contributed by atoms with van der Waals surface area (Å²) in [6.07, 6.45) is -7.44. The van der Waals surface area contributed by atoms with Crippen molar-refractivity contribution >= 4 is 21.5 Å². The molecule has 0 spiro atoms. The number of carbonyl (C=O) groups is 1.